The van der Waals surface area contributed by atoms with Gasteiger partial charge < -0.3 is 0 Å². The second kappa shape index (κ2) is 2.00. The maximum absolute atomic E-state index is 12.7. The van der Waals surface area contributed by atoms with E-state index >= 15 is 0 Å². The van der Waals surface area contributed by atoms with Crippen LogP contribution in [-0.2, 0) is 12.8 Å². The third-order valence-electron chi connectivity index (χ3n) is 1.90. The van der Waals surface area contributed by atoms with Crippen molar-refractivity contribution in [2.45, 2.75) is 18.8 Å². The summed E-state index contributed by atoms with van der Waals surface area (Å²) in [6.07, 6.45) is 2.82. The molecule has 0 saturated heterocycles. The molecule has 0 fully saturated rings. The van der Waals surface area contributed by atoms with Gasteiger partial charge in [0.15, 0.2) is 0 Å². The van der Waals surface area contributed by atoms with Crippen LogP contribution < -0.4 is 0 Å². The van der Waals surface area contributed by atoms with Gasteiger partial charge in [-0.3, -0.25) is 4.98 Å². The van der Waals surface area contributed by atoms with Crippen LogP contribution in [0.25, 0.3) is 0 Å². The van der Waals surface area contributed by atoms with E-state index in [1.807, 2.05) is 0 Å². The normalized spacial score (nSPS) is 19.8. The van der Waals surface area contributed by atoms with Crippen LogP contribution in [0.3, 0.4) is 0 Å². The highest BCUT2D eigenvalue weighted by Gasteiger charge is 2.36. The van der Waals surface area contributed by atoms with Crippen molar-refractivity contribution in [3.8, 4) is 0 Å². The Morgan fingerprint density at radius 1 is 1.27 bits per heavy atom. The van der Waals surface area contributed by atoms with Gasteiger partial charge in [-0.25, -0.2) is 8.78 Å². The minimum atomic E-state index is -2.54. The molecule has 1 aromatic heterocycles. The molecule has 1 aliphatic rings. The number of hydrogen-bond donors (Lipinski definition) is 0. The van der Waals surface area contributed by atoms with E-state index in [2.05, 4.69) is 4.98 Å². The van der Waals surface area contributed by atoms with E-state index in [0.717, 1.165) is 5.56 Å². The Morgan fingerprint density at radius 3 is 2.73 bits per heavy atom. The minimum Gasteiger partial charge on any atom is -0.264 e. The zero-order valence-corrected chi connectivity index (χ0v) is 5.85. The van der Waals surface area contributed by atoms with Crippen molar-refractivity contribution in [1.29, 1.82) is 0 Å². The summed E-state index contributed by atoms with van der Waals surface area (Å²) < 4.78 is 25.4. The molecule has 3 heteroatoms. The largest absolute Gasteiger partial charge is 0.264 e. The maximum atomic E-state index is 12.7. The van der Waals surface area contributed by atoms with E-state index in [1.165, 1.54) is 6.20 Å². The number of nitrogens with zero attached hydrogens (tertiary/aromatic N) is 1. The first-order valence-corrected chi connectivity index (χ1v) is 3.47. The lowest BCUT2D eigenvalue weighted by Gasteiger charge is -2.04. The second-order valence-electron chi connectivity index (χ2n) is 2.85. The molecule has 0 saturated carbocycles. The van der Waals surface area contributed by atoms with E-state index in [9.17, 15) is 8.78 Å². The van der Waals surface area contributed by atoms with Crippen molar-refractivity contribution in [1.82, 2.24) is 4.98 Å². The Morgan fingerprint density at radius 2 is 2.00 bits per heavy atom. The van der Waals surface area contributed by atoms with Crippen molar-refractivity contribution < 1.29 is 8.78 Å². The van der Waals surface area contributed by atoms with Gasteiger partial charge in [0.05, 0.1) is 0 Å². The van der Waals surface area contributed by atoms with Crippen molar-refractivity contribution >= 4 is 0 Å². The summed E-state index contributed by atoms with van der Waals surface area (Å²) in [5.41, 5.74) is 1.43. The number of hydrogen-bond acceptors (Lipinski definition) is 1. The van der Waals surface area contributed by atoms with Crippen molar-refractivity contribution in [3.63, 3.8) is 0 Å². The molecule has 0 radical (unpaired) electrons. The average Bonchev–Trinajstić information content (AvgIpc) is 2.21. The molecule has 58 valence electrons. The van der Waals surface area contributed by atoms with Gasteiger partial charge in [0.25, 0.3) is 5.92 Å². The molecule has 1 nitrogen and oxygen atoms in total. The highest BCUT2D eigenvalue weighted by atomic mass is 19.3. The Labute approximate surface area is 63.1 Å². The van der Waals surface area contributed by atoms with E-state index in [1.54, 1.807) is 12.3 Å². The van der Waals surface area contributed by atoms with E-state index in [4.69, 9.17) is 0 Å². The van der Waals surface area contributed by atoms with E-state index in [0.29, 0.717) is 5.56 Å². The first-order valence-electron chi connectivity index (χ1n) is 3.47. The fourth-order valence-electron chi connectivity index (χ4n) is 1.41. The van der Waals surface area contributed by atoms with E-state index < -0.39 is 5.92 Å². The molecule has 0 atom stereocenters. The fourth-order valence-corrected chi connectivity index (χ4v) is 1.41. The topological polar surface area (TPSA) is 12.9 Å². The molecule has 0 amide bonds. The van der Waals surface area contributed by atoms with Crippen molar-refractivity contribution in [3.05, 3.63) is 29.6 Å². The first-order chi connectivity index (χ1) is 5.17. The van der Waals surface area contributed by atoms with E-state index in [-0.39, 0.29) is 12.8 Å². The summed E-state index contributed by atoms with van der Waals surface area (Å²) >= 11 is 0. The lowest BCUT2D eigenvalue weighted by atomic mass is 10.2. The molecule has 11 heavy (non-hydrogen) atoms. The van der Waals surface area contributed by atoms with Gasteiger partial charge in [-0.1, -0.05) is 0 Å². The van der Waals surface area contributed by atoms with Crippen LogP contribution in [0.15, 0.2) is 18.5 Å². The Balaban J connectivity index is 2.41. The highest BCUT2D eigenvalue weighted by molar-refractivity contribution is 5.30. The zero-order chi connectivity index (χ0) is 7.90. The molecule has 1 heterocycles. The molecule has 0 aromatic carbocycles. The number of alkyl halides is 2. The Bertz CT molecular complexity index is 256. The third-order valence-corrected chi connectivity index (χ3v) is 1.90. The predicted molar refractivity (Wildman–Crippen MR) is 36.6 cm³/mol. The number of halogens is 2. The number of aromatic nitrogens is 1. The smallest absolute Gasteiger partial charge is 0.256 e. The van der Waals surface area contributed by atoms with Gasteiger partial charge in [0.2, 0.25) is 0 Å². The molecular weight excluding hydrogens is 148 g/mol. The molecule has 2 rings (SSSR count). The molecular formula is C8H7F2N. The molecule has 0 bridgehead atoms. The summed E-state index contributed by atoms with van der Waals surface area (Å²) in [4.78, 5) is 3.79. The molecule has 1 aliphatic carbocycles. The van der Waals surface area contributed by atoms with Gasteiger partial charge >= 0.3 is 0 Å². The van der Waals surface area contributed by atoms with Crippen LogP contribution in [-0.4, -0.2) is 10.9 Å². The number of rotatable bonds is 0. The Hall–Kier alpha value is -0.990. The monoisotopic (exact) mass is 155 g/mol. The Kier molecular flexibility index (Phi) is 1.22. The predicted octanol–water partition coefficient (Wildman–Crippen LogP) is 1.82. The second-order valence-corrected chi connectivity index (χ2v) is 2.85. The summed E-state index contributed by atoms with van der Waals surface area (Å²) in [5.74, 6) is -2.54. The lowest BCUT2D eigenvalue weighted by Crippen LogP contribution is -2.14. The lowest BCUT2D eigenvalue weighted by molar-refractivity contribution is 0.0130. The van der Waals surface area contributed by atoms with Crippen LogP contribution in [0.2, 0.25) is 0 Å². The van der Waals surface area contributed by atoms with Crippen LogP contribution in [0.5, 0.6) is 0 Å². The third kappa shape index (κ3) is 1.11. The maximum Gasteiger partial charge on any atom is 0.256 e. The van der Waals surface area contributed by atoms with Gasteiger partial charge in [0.1, 0.15) is 0 Å². The van der Waals surface area contributed by atoms with Gasteiger partial charge in [-0.2, -0.15) is 0 Å². The van der Waals surface area contributed by atoms with Crippen molar-refractivity contribution in [2.75, 3.05) is 0 Å². The van der Waals surface area contributed by atoms with Gasteiger partial charge in [-0.15, -0.1) is 0 Å². The summed E-state index contributed by atoms with van der Waals surface area (Å²) in [6.45, 7) is 0. The van der Waals surface area contributed by atoms with Crippen LogP contribution >= 0.6 is 0 Å². The van der Waals surface area contributed by atoms with Crippen LogP contribution in [0.1, 0.15) is 11.1 Å². The minimum absolute atomic E-state index is 0.120. The summed E-state index contributed by atoms with van der Waals surface area (Å²) in [5, 5.41) is 0. The average molecular weight is 155 g/mol. The van der Waals surface area contributed by atoms with Crippen molar-refractivity contribution in [2.24, 2.45) is 0 Å². The SMILES string of the molecule is FC1(F)Cc2ccncc2C1. The number of fused-ring (bicyclic) bond motifs is 1. The molecule has 0 N–H and O–H groups in total. The van der Waals surface area contributed by atoms with Gasteiger partial charge in [-0.05, 0) is 17.2 Å². The molecule has 1 aromatic rings. The molecule has 0 spiro atoms. The fraction of sp³-hybridized carbons (Fsp3) is 0.375. The molecule has 0 unspecified atom stereocenters. The van der Waals surface area contributed by atoms with Crippen LogP contribution in [0.4, 0.5) is 8.78 Å². The zero-order valence-electron chi connectivity index (χ0n) is 5.85. The summed E-state index contributed by atoms with van der Waals surface area (Å²) in [7, 11) is 0. The molecule has 0 aliphatic heterocycles. The summed E-state index contributed by atoms with van der Waals surface area (Å²) in [6, 6.07) is 1.66. The van der Waals surface area contributed by atoms with Crippen LogP contribution in [0, 0.1) is 0 Å². The number of pyridine rings is 1. The highest BCUT2D eigenvalue weighted by Crippen LogP contribution is 2.33. The van der Waals surface area contributed by atoms with Gasteiger partial charge in [0, 0.05) is 25.2 Å². The standard InChI is InChI=1S/C8H7F2N/c9-8(10)3-6-1-2-11-5-7(6)4-8/h1-2,5H,3-4H2. The quantitative estimate of drug-likeness (QED) is 0.556. The first kappa shape index (κ1) is 6.70.